The smallest absolute Gasteiger partial charge is 0.240 e. The highest BCUT2D eigenvalue weighted by atomic mass is 16.2. The molecule has 1 amide bonds. The summed E-state index contributed by atoms with van der Waals surface area (Å²) >= 11 is 0. The minimum Gasteiger partial charge on any atom is -0.349 e. The van der Waals surface area contributed by atoms with Crippen LogP contribution in [-0.2, 0) is 4.79 Å². The van der Waals surface area contributed by atoms with E-state index in [1.165, 1.54) is 44.9 Å². The van der Waals surface area contributed by atoms with Crippen LogP contribution in [0.25, 0.3) is 0 Å². The van der Waals surface area contributed by atoms with Gasteiger partial charge in [0.05, 0.1) is 5.54 Å². The molecule has 5 aliphatic carbocycles. The van der Waals surface area contributed by atoms with Crippen molar-refractivity contribution in [3.05, 3.63) is 0 Å². The van der Waals surface area contributed by atoms with E-state index >= 15 is 0 Å². The summed E-state index contributed by atoms with van der Waals surface area (Å²) in [4.78, 5) is 12.9. The molecule has 2 atom stereocenters. The van der Waals surface area contributed by atoms with Crippen LogP contribution < -0.4 is 11.1 Å². The van der Waals surface area contributed by atoms with Gasteiger partial charge >= 0.3 is 0 Å². The number of nitrogens with two attached hydrogens (primary N) is 1. The van der Waals surface area contributed by atoms with E-state index in [4.69, 9.17) is 5.73 Å². The summed E-state index contributed by atoms with van der Waals surface area (Å²) < 4.78 is 0. The third kappa shape index (κ3) is 2.42. The molecule has 0 spiro atoms. The van der Waals surface area contributed by atoms with Gasteiger partial charge in [-0.05, 0) is 75.0 Å². The molecule has 5 rings (SSSR count). The van der Waals surface area contributed by atoms with Crippen LogP contribution in [0.1, 0.15) is 71.1 Å². The minimum atomic E-state index is -0.596. The molecule has 4 bridgehead atoms. The molecule has 0 heterocycles. The van der Waals surface area contributed by atoms with Crippen LogP contribution in [0, 0.1) is 23.7 Å². The zero-order valence-electron chi connectivity index (χ0n) is 13.4. The van der Waals surface area contributed by atoms with Crippen LogP contribution in [0.4, 0.5) is 0 Å². The summed E-state index contributed by atoms with van der Waals surface area (Å²) in [5.41, 5.74) is 6.02. The topological polar surface area (TPSA) is 55.1 Å². The number of nitrogens with one attached hydrogen (secondary N) is 1. The summed E-state index contributed by atoms with van der Waals surface area (Å²) in [6, 6.07) is 0. The zero-order chi connectivity index (χ0) is 14.7. The Kier molecular flexibility index (Phi) is 3.15. The lowest BCUT2D eigenvalue weighted by Crippen LogP contribution is -2.66. The highest BCUT2D eigenvalue weighted by Crippen LogP contribution is 2.55. The molecule has 0 saturated heterocycles. The Hall–Kier alpha value is -0.570. The third-order valence-corrected chi connectivity index (χ3v) is 6.90. The summed E-state index contributed by atoms with van der Waals surface area (Å²) in [5.74, 6) is 3.36. The van der Waals surface area contributed by atoms with Gasteiger partial charge in [-0.3, -0.25) is 4.79 Å². The number of amides is 1. The van der Waals surface area contributed by atoms with Crippen molar-refractivity contribution < 1.29 is 4.79 Å². The normalized spacial score (nSPS) is 51.9. The molecule has 5 saturated carbocycles. The van der Waals surface area contributed by atoms with Gasteiger partial charge in [0.2, 0.25) is 5.91 Å². The second-order valence-electron chi connectivity index (χ2n) is 9.01. The summed E-state index contributed by atoms with van der Waals surface area (Å²) in [6.07, 6.45) is 12.0. The molecule has 5 aliphatic rings. The molecule has 5 fully saturated rings. The van der Waals surface area contributed by atoms with Gasteiger partial charge in [0.15, 0.2) is 0 Å². The first-order valence-corrected chi connectivity index (χ1v) is 9.08. The number of hydrogen-bond acceptors (Lipinski definition) is 2. The van der Waals surface area contributed by atoms with Crippen LogP contribution >= 0.6 is 0 Å². The second kappa shape index (κ2) is 4.71. The Bertz CT molecular complexity index is 411. The Labute approximate surface area is 128 Å². The lowest BCUT2D eigenvalue weighted by atomic mass is 9.53. The molecule has 0 aromatic carbocycles. The molecule has 0 aromatic heterocycles. The predicted molar refractivity (Wildman–Crippen MR) is 83.6 cm³/mol. The average molecular weight is 290 g/mol. The van der Waals surface area contributed by atoms with Crippen molar-refractivity contribution in [1.82, 2.24) is 5.32 Å². The van der Waals surface area contributed by atoms with Crippen molar-refractivity contribution in [2.45, 2.75) is 82.2 Å². The van der Waals surface area contributed by atoms with E-state index in [-0.39, 0.29) is 11.4 Å². The maximum atomic E-state index is 12.9. The van der Waals surface area contributed by atoms with E-state index in [9.17, 15) is 4.79 Å². The Balaban J connectivity index is 1.49. The zero-order valence-corrected chi connectivity index (χ0v) is 13.4. The van der Waals surface area contributed by atoms with Crippen molar-refractivity contribution in [3.63, 3.8) is 0 Å². The van der Waals surface area contributed by atoms with Crippen molar-refractivity contribution in [1.29, 1.82) is 0 Å². The first-order valence-electron chi connectivity index (χ1n) is 9.08. The first kappa shape index (κ1) is 14.0. The van der Waals surface area contributed by atoms with Crippen molar-refractivity contribution in [2.75, 3.05) is 0 Å². The van der Waals surface area contributed by atoms with Gasteiger partial charge in [0, 0.05) is 5.54 Å². The van der Waals surface area contributed by atoms with Gasteiger partial charge in [0.25, 0.3) is 0 Å². The summed E-state index contributed by atoms with van der Waals surface area (Å²) in [5, 5.41) is 3.49. The fraction of sp³-hybridized carbons (Fsp3) is 0.944. The van der Waals surface area contributed by atoms with E-state index in [2.05, 4.69) is 12.2 Å². The van der Waals surface area contributed by atoms with Gasteiger partial charge in [-0.1, -0.05) is 19.8 Å². The van der Waals surface area contributed by atoms with E-state index in [0.717, 1.165) is 37.0 Å². The molecule has 3 heteroatoms. The predicted octanol–water partition coefficient (Wildman–Crippen LogP) is 2.98. The van der Waals surface area contributed by atoms with Crippen LogP contribution in [0.2, 0.25) is 0 Å². The van der Waals surface area contributed by atoms with Gasteiger partial charge in [-0.25, -0.2) is 0 Å². The average Bonchev–Trinajstić information content (AvgIpc) is 2.35. The molecule has 118 valence electrons. The Morgan fingerprint density at radius 2 is 1.62 bits per heavy atom. The SMILES string of the molecule is CC1CCCC(N)(C(=O)NC23CC4CC(CC(C4)C2)C3)C1. The molecular weight excluding hydrogens is 260 g/mol. The van der Waals surface area contributed by atoms with Crippen molar-refractivity contribution in [3.8, 4) is 0 Å². The van der Waals surface area contributed by atoms with E-state index < -0.39 is 5.54 Å². The molecule has 0 aliphatic heterocycles. The van der Waals surface area contributed by atoms with Gasteiger partial charge < -0.3 is 11.1 Å². The standard InChI is InChI=1S/C18H30N2O/c1-12-3-2-4-18(19,8-12)16(21)20-17-9-13-5-14(10-17)7-15(6-13)11-17/h12-15H,2-11,19H2,1H3,(H,20,21). The first-order chi connectivity index (χ1) is 9.96. The molecule has 2 unspecified atom stereocenters. The third-order valence-electron chi connectivity index (χ3n) is 6.90. The van der Waals surface area contributed by atoms with Gasteiger partial charge in [-0.2, -0.15) is 0 Å². The number of rotatable bonds is 2. The second-order valence-corrected chi connectivity index (χ2v) is 9.01. The lowest BCUT2D eigenvalue weighted by molar-refractivity contribution is -0.133. The van der Waals surface area contributed by atoms with E-state index in [1.54, 1.807) is 0 Å². The Morgan fingerprint density at radius 1 is 1.05 bits per heavy atom. The molecule has 0 radical (unpaired) electrons. The van der Waals surface area contributed by atoms with Crippen LogP contribution in [0.15, 0.2) is 0 Å². The molecule has 3 nitrogen and oxygen atoms in total. The maximum Gasteiger partial charge on any atom is 0.240 e. The minimum absolute atomic E-state index is 0.110. The van der Waals surface area contributed by atoms with Crippen molar-refractivity contribution >= 4 is 5.91 Å². The number of carbonyl (C=O) groups excluding carboxylic acids is 1. The molecular formula is C18H30N2O. The number of hydrogen-bond donors (Lipinski definition) is 2. The van der Waals surface area contributed by atoms with E-state index in [1.807, 2.05) is 0 Å². The molecule has 21 heavy (non-hydrogen) atoms. The quantitative estimate of drug-likeness (QED) is 0.821. The summed E-state index contributed by atoms with van der Waals surface area (Å²) in [6.45, 7) is 2.23. The fourth-order valence-electron chi connectivity index (χ4n) is 6.43. The van der Waals surface area contributed by atoms with Crippen LogP contribution in [-0.4, -0.2) is 17.0 Å². The maximum absolute atomic E-state index is 12.9. The van der Waals surface area contributed by atoms with Gasteiger partial charge in [-0.15, -0.1) is 0 Å². The molecule has 0 aromatic rings. The van der Waals surface area contributed by atoms with Crippen LogP contribution in [0.5, 0.6) is 0 Å². The van der Waals surface area contributed by atoms with E-state index in [0.29, 0.717) is 5.92 Å². The number of carbonyl (C=O) groups is 1. The molecule has 3 N–H and O–H groups in total. The van der Waals surface area contributed by atoms with Crippen molar-refractivity contribution in [2.24, 2.45) is 29.4 Å². The monoisotopic (exact) mass is 290 g/mol. The highest BCUT2D eigenvalue weighted by molar-refractivity contribution is 5.87. The Morgan fingerprint density at radius 3 is 2.14 bits per heavy atom. The highest BCUT2D eigenvalue weighted by Gasteiger charge is 2.53. The van der Waals surface area contributed by atoms with Crippen LogP contribution in [0.3, 0.4) is 0 Å². The summed E-state index contributed by atoms with van der Waals surface area (Å²) in [7, 11) is 0. The largest absolute Gasteiger partial charge is 0.349 e. The lowest BCUT2D eigenvalue weighted by Gasteiger charge is -2.57. The fourth-order valence-corrected chi connectivity index (χ4v) is 6.43. The van der Waals surface area contributed by atoms with Gasteiger partial charge in [0.1, 0.15) is 0 Å².